The van der Waals surface area contributed by atoms with Gasteiger partial charge in [0.15, 0.2) is 26.1 Å². The quantitative estimate of drug-likeness (QED) is 0.170. The fourth-order valence-electron chi connectivity index (χ4n) is 3.74. The molecule has 0 spiro atoms. The first-order valence-corrected chi connectivity index (χ1v) is 16.1. The number of rotatable bonds is 11. The van der Waals surface area contributed by atoms with Gasteiger partial charge in [0.2, 0.25) is 14.7 Å². The van der Waals surface area contributed by atoms with Crippen LogP contribution in [0.25, 0.3) is 0 Å². The number of thioether (sulfide) groups is 1. The fourth-order valence-corrected chi connectivity index (χ4v) is 8.46. The molecule has 17 heteroatoms. The van der Waals surface area contributed by atoms with Crippen molar-refractivity contribution < 1.29 is 40.3 Å². The molecule has 0 radical (unpaired) electrons. The SMILES string of the molecule is N#CN1C(c2ccc(OCCN3[C+]=CC=CC3)cc2)SC(S(=O)(=O)NCP(=O)([O-])Oc2ccccc2)N1C(F)(F)F. The Balaban J connectivity index is 1.46. The van der Waals surface area contributed by atoms with Gasteiger partial charge in [-0.15, -0.1) is 0 Å². The van der Waals surface area contributed by atoms with Gasteiger partial charge in [0.05, 0.1) is 25.5 Å². The number of nitriles is 1. The molecule has 4 rings (SSSR count). The molecular formula is C24H23F3N5O6PS2. The molecule has 218 valence electrons. The Hall–Kier alpha value is -3.28. The molecule has 1 saturated heterocycles. The topological polar surface area (TPSA) is 138 Å². The van der Waals surface area contributed by atoms with E-state index in [0.717, 1.165) is 0 Å². The van der Waals surface area contributed by atoms with Crippen molar-refractivity contribution in [3.05, 3.63) is 84.6 Å². The summed E-state index contributed by atoms with van der Waals surface area (Å²) in [5, 5.41) is 7.82. The predicted molar refractivity (Wildman–Crippen MR) is 142 cm³/mol. The summed E-state index contributed by atoms with van der Waals surface area (Å²) in [6.45, 7) is 1.54. The number of halogens is 3. The van der Waals surface area contributed by atoms with Crippen LogP contribution in [0.15, 0.2) is 72.8 Å². The normalized spacial score (nSPS) is 20.8. The van der Waals surface area contributed by atoms with E-state index in [-0.39, 0.29) is 16.3 Å². The van der Waals surface area contributed by atoms with E-state index in [2.05, 4.69) is 6.20 Å². The Labute approximate surface area is 239 Å². The molecule has 11 nitrogen and oxygen atoms in total. The molecule has 41 heavy (non-hydrogen) atoms. The summed E-state index contributed by atoms with van der Waals surface area (Å²) in [7, 11) is -9.89. The molecule has 3 atom stereocenters. The van der Waals surface area contributed by atoms with Crippen LogP contribution in [-0.4, -0.2) is 60.3 Å². The molecule has 2 aliphatic heterocycles. The van der Waals surface area contributed by atoms with Crippen molar-refractivity contribution in [1.29, 1.82) is 5.26 Å². The molecule has 0 aliphatic carbocycles. The van der Waals surface area contributed by atoms with Gasteiger partial charge in [-0.05, 0) is 29.8 Å². The zero-order valence-corrected chi connectivity index (χ0v) is 23.6. The van der Waals surface area contributed by atoms with Gasteiger partial charge in [0, 0.05) is 6.08 Å². The number of benzene rings is 2. The zero-order valence-electron chi connectivity index (χ0n) is 21.0. The lowest BCUT2D eigenvalue weighted by molar-refractivity contribution is -0.295. The predicted octanol–water partition coefficient (Wildman–Crippen LogP) is 3.31. The summed E-state index contributed by atoms with van der Waals surface area (Å²) >= 11 is 0.296. The number of nitrogens with zero attached hydrogens (tertiary/aromatic N) is 4. The van der Waals surface area contributed by atoms with Crippen LogP contribution in [0.4, 0.5) is 13.2 Å². The number of allylic oxidation sites excluding steroid dienone is 2. The van der Waals surface area contributed by atoms with E-state index in [0.29, 0.717) is 37.2 Å². The molecule has 0 saturated carbocycles. The van der Waals surface area contributed by atoms with Crippen LogP contribution in [0, 0.1) is 17.7 Å². The summed E-state index contributed by atoms with van der Waals surface area (Å²) in [6.07, 6.45) is 3.42. The number of ether oxygens (including phenoxy) is 1. The van der Waals surface area contributed by atoms with E-state index in [4.69, 9.17) is 9.26 Å². The second-order valence-electron chi connectivity index (χ2n) is 8.50. The van der Waals surface area contributed by atoms with Crippen LogP contribution in [0.2, 0.25) is 0 Å². The molecule has 3 unspecified atom stereocenters. The zero-order chi connectivity index (χ0) is 29.7. The van der Waals surface area contributed by atoms with Gasteiger partial charge in [-0.25, -0.2) is 23.0 Å². The first-order chi connectivity index (χ1) is 19.4. The Morgan fingerprint density at radius 2 is 1.88 bits per heavy atom. The molecule has 1 N–H and O–H groups in total. The first kappa shape index (κ1) is 30.7. The average Bonchev–Trinajstić information content (AvgIpc) is 3.35. The van der Waals surface area contributed by atoms with E-state index in [1.54, 1.807) is 16.9 Å². The van der Waals surface area contributed by atoms with E-state index in [9.17, 15) is 36.3 Å². The maximum atomic E-state index is 14.0. The molecular weight excluding hydrogens is 606 g/mol. The minimum Gasteiger partial charge on any atom is -0.768 e. The van der Waals surface area contributed by atoms with Crippen LogP contribution in [0.1, 0.15) is 10.9 Å². The standard InChI is InChI=1S/C24H23F3N5O6PS2/c25-24(26,27)32-23(41(35,36)29-18-39(33,34)38-21-7-3-1-4-8-21)40-22(31(32)17-28)19-9-11-20(12-10-19)37-16-15-30-13-5-2-6-14-30/h1-12,22-23,29H,13,15-16,18H2. The number of sulfonamides is 1. The molecule has 2 aromatic rings. The summed E-state index contributed by atoms with van der Waals surface area (Å²) < 4.78 is 90.1. The Bertz CT molecular complexity index is 1450. The first-order valence-electron chi connectivity index (χ1n) is 11.9. The van der Waals surface area contributed by atoms with Crippen LogP contribution < -0.4 is 18.9 Å². The highest BCUT2D eigenvalue weighted by molar-refractivity contribution is 8.13. The van der Waals surface area contributed by atoms with Crippen molar-refractivity contribution in [2.45, 2.75) is 16.4 Å². The molecule has 0 aromatic heterocycles. The van der Waals surface area contributed by atoms with Crippen LogP contribution in [-0.2, 0) is 14.6 Å². The second-order valence-corrected chi connectivity index (χ2v) is 13.5. The minimum atomic E-state index is -5.29. The van der Waals surface area contributed by atoms with Gasteiger partial charge in [-0.1, -0.05) is 47.1 Å². The van der Waals surface area contributed by atoms with E-state index >= 15 is 0 Å². The summed E-state index contributed by atoms with van der Waals surface area (Å²) in [5.41, 5.74) is 0.190. The van der Waals surface area contributed by atoms with Gasteiger partial charge in [0.1, 0.15) is 23.5 Å². The summed E-state index contributed by atoms with van der Waals surface area (Å²) in [5.74, 6) is 0.319. The van der Waals surface area contributed by atoms with Gasteiger partial charge >= 0.3 is 6.30 Å². The van der Waals surface area contributed by atoms with E-state index in [1.165, 1.54) is 54.7 Å². The highest BCUT2D eigenvalue weighted by Gasteiger charge is 2.58. The smallest absolute Gasteiger partial charge is 0.480 e. The third-order valence-corrected chi connectivity index (χ3v) is 10.4. The fraction of sp³-hybridized carbons (Fsp3) is 0.292. The van der Waals surface area contributed by atoms with Crippen LogP contribution in [0.3, 0.4) is 0 Å². The summed E-state index contributed by atoms with van der Waals surface area (Å²) in [6, 6.07) is 13.0. The monoisotopic (exact) mass is 629 g/mol. The number of para-hydroxylation sites is 1. The van der Waals surface area contributed by atoms with Gasteiger partial charge in [0.25, 0.3) is 0 Å². The molecule has 2 aliphatic rings. The van der Waals surface area contributed by atoms with Crippen molar-refractivity contribution in [3.8, 4) is 17.7 Å². The lowest BCUT2D eigenvalue weighted by Crippen LogP contribution is -2.53. The Kier molecular flexibility index (Phi) is 9.51. The largest absolute Gasteiger partial charge is 0.768 e. The molecule has 0 bridgehead atoms. The van der Waals surface area contributed by atoms with Gasteiger partial charge < -0.3 is 14.2 Å². The molecule has 2 aromatic carbocycles. The van der Waals surface area contributed by atoms with Gasteiger partial charge in [-0.3, -0.25) is 4.57 Å². The van der Waals surface area contributed by atoms with Crippen LogP contribution in [0.5, 0.6) is 11.5 Å². The maximum absolute atomic E-state index is 14.0. The molecule has 2 heterocycles. The van der Waals surface area contributed by atoms with Crippen LogP contribution >= 0.6 is 19.4 Å². The van der Waals surface area contributed by atoms with Crippen molar-refractivity contribution >= 4 is 29.4 Å². The van der Waals surface area contributed by atoms with Crippen molar-refractivity contribution in [1.82, 2.24) is 19.6 Å². The van der Waals surface area contributed by atoms with E-state index in [1.807, 2.05) is 17.1 Å². The summed E-state index contributed by atoms with van der Waals surface area (Å²) in [4.78, 5) is 14.2. The number of hydrogen-bond donors (Lipinski definition) is 1. The van der Waals surface area contributed by atoms with Crippen molar-refractivity contribution in [3.63, 3.8) is 0 Å². The third-order valence-electron chi connectivity index (χ3n) is 5.58. The Morgan fingerprint density at radius 3 is 2.49 bits per heavy atom. The minimum absolute atomic E-state index is 0.0980. The molecule has 0 amide bonds. The maximum Gasteiger partial charge on any atom is 0.480 e. The number of nitrogens with one attached hydrogen (secondary N) is 1. The highest BCUT2D eigenvalue weighted by atomic mass is 32.3. The third kappa shape index (κ3) is 7.93. The highest BCUT2D eigenvalue weighted by Crippen LogP contribution is 2.51. The number of hydrogen-bond acceptors (Lipinski definition) is 11. The molecule has 1 fully saturated rings. The number of alkyl halides is 3. The second kappa shape index (κ2) is 12.7. The van der Waals surface area contributed by atoms with Crippen molar-refractivity contribution in [2.24, 2.45) is 0 Å². The van der Waals surface area contributed by atoms with Gasteiger partial charge in [-0.2, -0.15) is 18.4 Å². The lowest BCUT2D eigenvalue weighted by atomic mass is 10.2. The van der Waals surface area contributed by atoms with Crippen molar-refractivity contribution in [2.75, 3.05) is 26.0 Å². The lowest BCUT2D eigenvalue weighted by Gasteiger charge is -2.30. The Morgan fingerprint density at radius 1 is 1.17 bits per heavy atom. The van der Waals surface area contributed by atoms with E-state index < -0.39 is 45.3 Å². The number of hydrazine groups is 1. The average molecular weight is 630 g/mol.